The second kappa shape index (κ2) is 7.43. The Bertz CT molecular complexity index is 734. The highest BCUT2D eigenvalue weighted by molar-refractivity contribution is 5.93. The summed E-state index contributed by atoms with van der Waals surface area (Å²) in [6.45, 7) is 1.49. The maximum absolute atomic E-state index is 12.9. The number of amides is 1. The largest absolute Gasteiger partial charge is 0.338 e. The van der Waals surface area contributed by atoms with E-state index in [1.807, 2.05) is 17.0 Å². The van der Waals surface area contributed by atoms with Crippen LogP contribution in [-0.4, -0.2) is 28.9 Å². The summed E-state index contributed by atoms with van der Waals surface area (Å²) < 4.78 is 12.9. The first kappa shape index (κ1) is 16.4. The average molecular weight is 328 g/mol. The molecule has 24 heavy (non-hydrogen) atoms. The van der Waals surface area contributed by atoms with Crippen LogP contribution < -0.4 is 5.56 Å². The van der Waals surface area contributed by atoms with Gasteiger partial charge >= 0.3 is 0 Å². The molecule has 0 saturated carbocycles. The van der Waals surface area contributed by atoms with Crippen molar-refractivity contribution in [2.75, 3.05) is 13.1 Å². The fraction of sp³-hybridized carbons (Fsp3) is 0.368. The van der Waals surface area contributed by atoms with Crippen molar-refractivity contribution in [2.24, 2.45) is 5.92 Å². The minimum atomic E-state index is -0.214. The zero-order valence-corrected chi connectivity index (χ0v) is 13.5. The average Bonchev–Trinajstić information content (AvgIpc) is 2.61. The number of H-pyrrole nitrogens is 1. The Morgan fingerprint density at radius 2 is 2.00 bits per heavy atom. The molecule has 1 atom stereocenters. The third-order valence-corrected chi connectivity index (χ3v) is 4.59. The molecule has 3 rings (SSSR count). The molecule has 0 radical (unpaired) electrons. The van der Waals surface area contributed by atoms with E-state index >= 15 is 0 Å². The lowest BCUT2D eigenvalue weighted by Crippen LogP contribution is -2.40. The molecular weight excluding hydrogens is 307 g/mol. The topological polar surface area (TPSA) is 53.2 Å². The summed E-state index contributed by atoms with van der Waals surface area (Å²) in [4.78, 5) is 28.1. The van der Waals surface area contributed by atoms with Gasteiger partial charge in [0.15, 0.2) is 0 Å². The number of aromatic nitrogens is 1. The van der Waals surface area contributed by atoms with E-state index in [2.05, 4.69) is 4.98 Å². The number of likely N-dealkylation sites (tertiary alicyclic amines) is 1. The Labute approximate surface area is 140 Å². The van der Waals surface area contributed by atoms with E-state index in [0.717, 1.165) is 44.3 Å². The highest BCUT2D eigenvalue weighted by Crippen LogP contribution is 2.23. The van der Waals surface area contributed by atoms with Crippen molar-refractivity contribution in [2.45, 2.75) is 25.7 Å². The number of hydrogen-bond donors (Lipinski definition) is 1. The predicted octanol–water partition coefficient (Wildman–Crippen LogP) is 3.00. The van der Waals surface area contributed by atoms with Crippen molar-refractivity contribution in [3.8, 4) is 0 Å². The molecule has 1 N–H and O–H groups in total. The van der Waals surface area contributed by atoms with Crippen LogP contribution in [0.2, 0.25) is 0 Å². The number of halogens is 1. The number of carbonyl (C=O) groups is 1. The number of hydrogen-bond acceptors (Lipinski definition) is 2. The van der Waals surface area contributed by atoms with Gasteiger partial charge in [-0.25, -0.2) is 4.39 Å². The molecule has 1 unspecified atom stereocenters. The number of nitrogens with zero attached hydrogens (tertiary/aromatic N) is 1. The normalized spacial score (nSPS) is 17.7. The molecule has 2 heterocycles. The van der Waals surface area contributed by atoms with E-state index < -0.39 is 0 Å². The number of aryl methyl sites for hydroxylation is 1. The van der Waals surface area contributed by atoms with Gasteiger partial charge in [0.1, 0.15) is 5.82 Å². The molecule has 0 aliphatic carbocycles. The molecule has 4 nitrogen and oxygen atoms in total. The second-order valence-electron chi connectivity index (χ2n) is 6.37. The van der Waals surface area contributed by atoms with Crippen LogP contribution in [0.3, 0.4) is 0 Å². The van der Waals surface area contributed by atoms with Crippen molar-refractivity contribution < 1.29 is 9.18 Å². The number of rotatable bonds is 4. The number of aromatic amines is 1. The Morgan fingerprint density at radius 3 is 2.71 bits per heavy atom. The Hall–Kier alpha value is -2.43. The third-order valence-electron chi connectivity index (χ3n) is 4.59. The van der Waals surface area contributed by atoms with Crippen molar-refractivity contribution in [1.29, 1.82) is 0 Å². The van der Waals surface area contributed by atoms with Crippen LogP contribution >= 0.6 is 0 Å². The zero-order valence-electron chi connectivity index (χ0n) is 13.5. The molecule has 1 amide bonds. The molecule has 5 heteroatoms. The van der Waals surface area contributed by atoms with Gasteiger partial charge in [0.05, 0.1) is 5.56 Å². The van der Waals surface area contributed by atoms with Crippen LogP contribution in [0.1, 0.15) is 35.2 Å². The van der Waals surface area contributed by atoms with Crippen LogP contribution in [0.4, 0.5) is 4.39 Å². The first-order valence-electron chi connectivity index (χ1n) is 8.34. The molecule has 1 aromatic carbocycles. The quantitative estimate of drug-likeness (QED) is 0.938. The van der Waals surface area contributed by atoms with E-state index in [-0.39, 0.29) is 17.3 Å². The van der Waals surface area contributed by atoms with Crippen molar-refractivity contribution in [3.05, 3.63) is 69.9 Å². The second-order valence-corrected chi connectivity index (χ2v) is 6.37. The minimum absolute atomic E-state index is 0.0299. The fourth-order valence-corrected chi connectivity index (χ4v) is 3.23. The maximum atomic E-state index is 12.9. The lowest BCUT2D eigenvalue weighted by Gasteiger charge is -2.33. The summed E-state index contributed by atoms with van der Waals surface area (Å²) in [6.07, 6.45) is 5.46. The Balaban J connectivity index is 1.57. The van der Waals surface area contributed by atoms with Crippen LogP contribution in [0, 0.1) is 11.7 Å². The summed E-state index contributed by atoms with van der Waals surface area (Å²) in [5.41, 5.74) is 1.44. The molecular formula is C19H21FN2O2. The van der Waals surface area contributed by atoms with Gasteiger partial charge in [0.2, 0.25) is 5.56 Å². The number of pyridine rings is 1. The third kappa shape index (κ3) is 4.10. The number of benzene rings is 1. The number of nitrogens with one attached hydrogen (secondary N) is 1. The van der Waals surface area contributed by atoms with Crippen LogP contribution in [0.25, 0.3) is 0 Å². The molecule has 1 aromatic heterocycles. The van der Waals surface area contributed by atoms with E-state index in [1.165, 1.54) is 24.4 Å². The maximum Gasteiger partial charge on any atom is 0.255 e. The van der Waals surface area contributed by atoms with Gasteiger partial charge in [0.25, 0.3) is 5.91 Å². The minimum Gasteiger partial charge on any atom is -0.338 e. The molecule has 0 bridgehead atoms. The van der Waals surface area contributed by atoms with Crippen molar-refractivity contribution in [1.82, 2.24) is 9.88 Å². The Kier molecular flexibility index (Phi) is 5.08. The van der Waals surface area contributed by atoms with Gasteiger partial charge in [-0.1, -0.05) is 12.1 Å². The molecule has 1 aliphatic heterocycles. The first-order valence-corrected chi connectivity index (χ1v) is 8.34. The molecule has 1 saturated heterocycles. The first-order chi connectivity index (χ1) is 11.6. The highest BCUT2D eigenvalue weighted by atomic mass is 19.1. The van der Waals surface area contributed by atoms with Crippen LogP contribution in [0.15, 0.2) is 47.4 Å². The lowest BCUT2D eigenvalue weighted by atomic mass is 9.91. The molecule has 1 fully saturated rings. The van der Waals surface area contributed by atoms with E-state index in [9.17, 15) is 14.0 Å². The Morgan fingerprint density at radius 1 is 1.21 bits per heavy atom. The van der Waals surface area contributed by atoms with Crippen molar-refractivity contribution in [3.63, 3.8) is 0 Å². The summed E-state index contributed by atoms with van der Waals surface area (Å²) in [6, 6.07) is 9.57. The summed E-state index contributed by atoms with van der Waals surface area (Å²) >= 11 is 0. The van der Waals surface area contributed by atoms with Gasteiger partial charge in [-0.15, -0.1) is 0 Å². The number of piperidine rings is 1. The zero-order chi connectivity index (χ0) is 16.9. The van der Waals surface area contributed by atoms with Gasteiger partial charge in [0, 0.05) is 25.4 Å². The predicted molar refractivity (Wildman–Crippen MR) is 90.4 cm³/mol. The number of carbonyl (C=O) groups excluding carboxylic acids is 1. The lowest BCUT2D eigenvalue weighted by molar-refractivity contribution is 0.0668. The highest BCUT2D eigenvalue weighted by Gasteiger charge is 2.24. The van der Waals surface area contributed by atoms with Gasteiger partial charge in [-0.3, -0.25) is 9.59 Å². The smallest absolute Gasteiger partial charge is 0.255 e. The van der Waals surface area contributed by atoms with Crippen molar-refractivity contribution >= 4 is 5.91 Å². The van der Waals surface area contributed by atoms with Gasteiger partial charge in [-0.05, 0) is 55.4 Å². The molecule has 1 aliphatic rings. The molecule has 0 spiro atoms. The van der Waals surface area contributed by atoms with Crippen LogP contribution in [0.5, 0.6) is 0 Å². The SMILES string of the molecule is O=C(c1ccc(=O)[nH]c1)N1CCCC(CCc2ccc(F)cc2)C1. The van der Waals surface area contributed by atoms with Gasteiger partial charge < -0.3 is 9.88 Å². The fourth-order valence-electron chi connectivity index (χ4n) is 3.23. The van der Waals surface area contributed by atoms with E-state index in [1.54, 1.807) is 6.07 Å². The summed E-state index contributed by atoms with van der Waals surface area (Å²) in [5.74, 6) is 0.210. The molecule has 126 valence electrons. The van der Waals surface area contributed by atoms with Gasteiger partial charge in [-0.2, -0.15) is 0 Å². The summed E-state index contributed by atoms with van der Waals surface area (Å²) in [7, 11) is 0. The standard InChI is InChI=1S/C19H21FN2O2/c20-17-8-5-14(6-9-17)3-4-15-2-1-11-22(13-15)19(24)16-7-10-18(23)21-12-16/h5-10,12,15H,1-4,11,13H2,(H,21,23). The van der Waals surface area contributed by atoms with E-state index in [0.29, 0.717) is 11.5 Å². The van der Waals surface area contributed by atoms with E-state index in [4.69, 9.17) is 0 Å². The monoisotopic (exact) mass is 328 g/mol. The molecule has 2 aromatic rings. The summed E-state index contributed by atoms with van der Waals surface area (Å²) in [5, 5.41) is 0. The van der Waals surface area contributed by atoms with Crippen LogP contribution in [-0.2, 0) is 6.42 Å².